The summed E-state index contributed by atoms with van der Waals surface area (Å²) >= 11 is 0. The first-order chi connectivity index (χ1) is 9.18. The topological polar surface area (TPSA) is 33.2 Å². The van der Waals surface area contributed by atoms with Crippen molar-refractivity contribution in [1.29, 1.82) is 0 Å². The Kier molecular flexibility index (Phi) is 4.72. The first-order valence-electron chi connectivity index (χ1n) is 7.10. The van der Waals surface area contributed by atoms with Gasteiger partial charge in [0.05, 0.1) is 5.69 Å². The van der Waals surface area contributed by atoms with Gasteiger partial charge in [-0.2, -0.15) is 0 Å². The fourth-order valence-electron chi connectivity index (χ4n) is 2.76. The van der Waals surface area contributed by atoms with Gasteiger partial charge in [-0.1, -0.05) is 18.9 Å². The van der Waals surface area contributed by atoms with Crippen LogP contribution < -0.4 is 0 Å². The molecule has 1 amide bonds. The lowest BCUT2D eigenvalue weighted by Crippen LogP contribution is -2.42. The molecule has 1 aliphatic rings. The molecule has 3 nitrogen and oxygen atoms in total. The molecule has 1 aromatic rings. The third kappa shape index (κ3) is 3.66. The summed E-state index contributed by atoms with van der Waals surface area (Å²) in [6.07, 6.45) is 9.95. The van der Waals surface area contributed by atoms with Gasteiger partial charge >= 0.3 is 0 Å². The van der Waals surface area contributed by atoms with Crippen molar-refractivity contribution in [2.75, 3.05) is 0 Å². The van der Waals surface area contributed by atoms with Crippen molar-refractivity contribution < 1.29 is 4.79 Å². The Bertz CT molecular complexity index is 433. The predicted molar refractivity (Wildman–Crippen MR) is 77.5 cm³/mol. The summed E-state index contributed by atoms with van der Waals surface area (Å²) in [6.45, 7) is 4.18. The highest BCUT2D eigenvalue weighted by Gasteiger charge is 2.27. The number of carbonyl (C=O) groups excluding carboxylic acids is 1. The molecule has 0 aliphatic heterocycles. The van der Waals surface area contributed by atoms with Crippen LogP contribution in [0.2, 0.25) is 0 Å². The zero-order chi connectivity index (χ0) is 13.7. The van der Waals surface area contributed by atoms with Crippen LogP contribution in [0.15, 0.2) is 30.5 Å². The van der Waals surface area contributed by atoms with Gasteiger partial charge in [-0.3, -0.25) is 9.78 Å². The van der Waals surface area contributed by atoms with Crippen molar-refractivity contribution in [3.63, 3.8) is 0 Å². The maximum atomic E-state index is 12.4. The number of pyridine rings is 1. The molecule has 0 saturated heterocycles. The zero-order valence-electron chi connectivity index (χ0n) is 11.7. The largest absolute Gasteiger partial charge is 0.334 e. The Labute approximate surface area is 115 Å². The average Bonchev–Trinajstić information content (AvgIpc) is 2.91. The molecular weight excluding hydrogens is 236 g/mol. The van der Waals surface area contributed by atoms with Gasteiger partial charge in [0, 0.05) is 24.4 Å². The van der Waals surface area contributed by atoms with E-state index < -0.39 is 0 Å². The molecule has 0 aromatic carbocycles. The van der Waals surface area contributed by atoms with E-state index in [1.807, 2.05) is 23.1 Å². The van der Waals surface area contributed by atoms with E-state index in [1.54, 1.807) is 18.3 Å². The van der Waals surface area contributed by atoms with Crippen molar-refractivity contribution in [2.45, 2.75) is 51.6 Å². The number of amides is 1. The Morgan fingerprint density at radius 1 is 1.37 bits per heavy atom. The molecule has 1 aromatic heterocycles. The van der Waals surface area contributed by atoms with Gasteiger partial charge in [0.25, 0.3) is 0 Å². The van der Waals surface area contributed by atoms with Gasteiger partial charge in [-0.15, -0.1) is 0 Å². The molecule has 1 heterocycles. The van der Waals surface area contributed by atoms with Crippen molar-refractivity contribution in [3.05, 3.63) is 36.2 Å². The minimum atomic E-state index is 0.104. The lowest BCUT2D eigenvalue weighted by Gasteiger charge is -2.31. The van der Waals surface area contributed by atoms with Crippen molar-refractivity contribution >= 4 is 12.0 Å². The number of nitrogens with zero attached hydrogens (tertiary/aromatic N) is 2. The molecule has 102 valence electrons. The van der Waals surface area contributed by atoms with Crippen LogP contribution in [0, 0.1) is 0 Å². The molecule has 0 atom stereocenters. The average molecular weight is 258 g/mol. The van der Waals surface area contributed by atoms with E-state index in [4.69, 9.17) is 0 Å². The zero-order valence-corrected chi connectivity index (χ0v) is 11.7. The summed E-state index contributed by atoms with van der Waals surface area (Å²) in [5.41, 5.74) is 0.825. The fourth-order valence-corrected chi connectivity index (χ4v) is 2.76. The third-order valence-corrected chi connectivity index (χ3v) is 3.61. The SMILES string of the molecule is CC(C)N(C(=O)/C=C\c1ccccn1)C1CCCC1. The molecular formula is C16H22N2O. The number of rotatable bonds is 4. The maximum absolute atomic E-state index is 12.4. The Hall–Kier alpha value is -1.64. The molecule has 0 unspecified atom stereocenters. The smallest absolute Gasteiger partial charge is 0.247 e. The first-order valence-corrected chi connectivity index (χ1v) is 7.10. The van der Waals surface area contributed by atoms with Crippen LogP contribution in [0.4, 0.5) is 0 Å². The number of carbonyl (C=O) groups is 1. The number of hydrogen-bond donors (Lipinski definition) is 0. The van der Waals surface area contributed by atoms with Crippen molar-refractivity contribution in [1.82, 2.24) is 9.88 Å². The predicted octanol–water partition coefficient (Wildman–Crippen LogP) is 3.27. The number of aromatic nitrogens is 1. The minimum absolute atomic E-state index is 0.104. The Balaban J connectivity index is 2.05. The van der Waals surface area contributed by atoms with Crippen LogP contribution in [-0.4, -0.2) is 27.9 Å². The normalized spacial score (nSPS) is 16.4. The maximum Gasteiger partial charge on any atom is 0.247 e. The van der Waals surface area contributed by atoms with E-state index in [-0.39, 0.29) is 11.9 Å². The van der Waals surface area contributed by atoms with Crippen LogP contribution in [0.5, 0.6) is 0 Å². The van der Waals surface area contributed by atoms with Gasteiger partial charge in [-0.25, -0.2) is 0 Å². The highest BCUT2D eigenvalue weighted by Crippen LogP contribution is 2.25. The van der Waals surface area contributed by atoms with E-state index in [1.165, 1.54) is 12.8 Å². The highest BCUT2D eigenvalue weighted by molar-refractivity contribution is 5.92. The molecule has 2 rings (SSSR count). The molecule has 0 spiro atoms. The summed E-state index contributed by atoms with van der Waals surface area (Å²) in [7, 11) is 0. The van der Waals surface area contributed by atoms with Crippen molar-refractivity contribution in [2.24, 2.45) is 0 Å². The minimum Gasteiger partial charge on any atom is -0.334 e. The lowest BCUT2D eigenvalue weighted by atomic mass is 10.1. The van der Waals surface area contributed by atoms with Crippen LogP contribution in [0.3, 0.4) is 0 Å². The van der Waals surface area contributed by atoms with Crippen LogP contribution in [0.25, 0.3) is 6.08 Å². The molecule has 1 saturated carbocycles. The van der Waals surface area contributed by atoms with Gasteiger partial charge in [0.1, 0.15) is 0 Å². The van der Waals surface area contributed by atoms with E-state index >= 15 is 0 Å². The fraction of sp³-hybridized carbons (Fsp3) is 0.500. The van der Waals surface area contributed by atoms with E-state index in [9.17, 15) is 4.79 Å². The van der Waals surface area contributed by atoms with Gasteiger partial charge < -0.3 is 4.90 Å². The number of hydrogen-bond acceptors (Lipinski definition) is 2. The van der Waals surface area contributed by atoms with Crippen LogP contribution in [-0.2, 0) is 4.79 Å². The molecule has 3 heteroatoms. The van der Waals surface area contributed by atoms with Crippen LogP contribution in [0.1, 0.15) is 45.2 Å². The standard InChI is InChI=1S/C16H22N2O/c1-13(2)18(15-8-3-4-9-15)16(19)11-10-14-7-5-6-12-17-14/h5-7,10-13,15H,3-4,8-9H2,1-2H3/b11-10-. The lowest BCUT2D eigenvalue weighted by molar-refractivity contribution is -0.130. The Morgan fingerprint density at radius 2 is 2.11 bits per heavy atom. The monoisotopic (exact) mass is 258 g/mol. The third-order valence-electron chi connectivity index (χ3n) is 3.61. The van der Waals surface area contributed by atoms with Gasteiger partial charge in [0.2, 0.25) is 5.91 Å². The second kappa shape index (κ2) is 6.50. The summed E-state index contributed by atoms with van der Waals surface area (Å²) in [6, 6.07) is 6.37. The molecule has 19 heavy (non-hydrogen) atoms. The molecule has 1 fully saturated rings. The molecule has 0 N–H and O–H groups in total. The summed E-state index contributed by atoms with van der Waals surface area (Å²) < 4.78 is 0. The van der Waals surface area contributed by atoms with E-state index in [0.29, 0.717) is 6.04 Å². The van der Waals surface area contributed by atoms with Gasteiger partial charge in [0.15, 0.2) is 0 Å². The summed E-state index contributed by atoms with van der Waals surface area (Å²) in [5.74, 6) is 0.104. The Morgan fingerprint density at radius 3 is 2.68 bits per heavy atom. The molecule has 0 bridgehead atoms. The second-order valence-corrected chi connectivity index (χ2v) is 5.37. The van der Waals surface area contributed by atoms with Crippen molar-refractivity contribution in [3.8, 4) is 0 Å². The van der Waals surface area contributed by atoms with Gasteiger partial charge in [-0.05, 0) is 44.9 Å². The van der Waals surface area contributed by atoms with E-state index in [2.05, 4.69) is 18.8 Å². The van der Waals surface area contributed by atoms with Crippen LogP contribution >= 0.6 is 0 Å². The quantitative estimate of drug-likeness (QED) is 0.777. The second-order valence-electron chi connectivity index (χ2n) is 5.37. The summed E-state index contributed by atoms with van der Waals surface area (Å²) in [5, 5.41) is 0. The highest BCUT2D eigenvalue weighted by atomic mass is 16.2. The summed E-state index contributed by atoms with van der Waals surface area (Å²) in [4.78, 5) is 18.6. The first kappa shape index (κ1) is 13.8. The molecule has 0 radical (unpaired) electrons. The molecule has 1 aliphatic carbocycles. The van der Waals surface area contributed by atoms with E-state index in [0.717, 1.165) is 18.5 Å².